The van der Waals surface area contributed by atoms with E-state index in [4.69, 9.17) is 4.74 Å². The number of rotatable bonds is 3. The number of ether oxygens (including phenoxy) is 1. The zero-order valence-corrected chi connectivity index (χ0v) is 9.61. The summed E-state index contributed by atoms with van der Waals surface area (Å²) in [7, 11) is 0. The van der Waals surface area contributed by atoms with Crippen LogP contribution in [0.25, 0.3) is 0 Å². The van der Waals surface area contributed by atoms with E-state index in [1.807, 2.05) is 0 Å². The number of nitro benzene ring substituents is 1. The molecule has 2 rings (SSSR count). The molecule has 94 valence electrons. The highest BCUT2D eigenvalue weighted by molar-refractivity contribution is 5.89. The molecule has 18 heavy (non-hydrogen) atoms. The molecule has 1 heterocycles. The molecule has 0 N–H and O–H groups in total. The summed E-state index contributed by atoms with van der Waals surface area (Å²) in [6.07, 6.45) is 1.87. The molecular weight excluding hydrogens is 236 g/mol. The van der Waals surface area contributed by atoms with E-state index >= 15 is 0 Å². The van der Waals surface area contributed by atoms with Gasteiger partial charge in [0.15, 0.2) is 0 Å². The Bertz CT molecular complexity index is 483. The van der Waals surface area contributed by atoms with Gasteiger partial charge in [0.05, 0.1) is 17.6 Å². The quantitative estimate of drug-likeness (QED) is 0.468. The fraction of sp³-hybridized carbons (Fsp3) is 0.250. The lowest BCUT2D eigenvalue weighted by molar-refractivity contribution is -0.384. The second-order valence-corrected chi connectivity index (χ2v) is 3.85. The van der Waals surface area contributed by atoms with Crippen LogP contribution in [-0.2, 0) is 4.74 Å². The van der Waals surface area contributed by atoms with E-state index in [1.165, 1.54) is 29.2 Å². The second-order valence-electron chi connectivity index (χ2n) is 3.85. The Morgan fingerprint density at radius 1 is 1.44 bits per heavy atom. The largest absolute Gasteiger partial charge is 0.449 e. The van der Waals surface area contributed by atoms with Gasteiger partial charge >= 0.3 is 6.09 Å². The van der Waals surface area contributed by atoms with Crippen LogP contribution in [0.3, 0.4) is 0 Å². The Morgan fingerprint density at radius 3 is 2.67 bits per heavy atom. The summed E-state index contributed by atoms with van der Waals surface area (Å²) in [4.78, 5) is 23.2. The van der Waals surface area contributed by atoms with Gasteiger partial charge in [-0.3, -0.25) is 15.0 Å². The summed E-state index contributed by atoms with van der Waals surface area (Å²) in [6, 6.07) is 5.63. The minimum atomic E-state index is -0.483. The van der Waals surface area contributed by atoms with Crippen molar-refractivity contribution in [3.8, 4) is 0 Å². The number of non-ortho nitro benzene ring substituents is 1. The summed E-state index contributed by atoms with van der Waals surface area (Å²) in [5.41, 5.74) is 0.550. The molecule has 6 heteroatoms. The van der Waals surface area contributed by atoms with E-state index in [0.717, 1.165) is 0 Å². The maximum absolute atomic E-state index is 11.7. The van der Waals surface area contributed by atoms with Crippen molar-refractivity contribution >= 4 is 17.5 Å². The summed E-state index contributed by atoms with van der Waals surface area (Å²) >= 11 is 0. The Balaban J connectivity index is 2.30. The first-order valence-corrected chi connectivity index (χ1v) is 5.46. The monoisotopic (exact) mass is 248 g/mol. The number of nitro groups is 1. The van der Waals surface area contributed by atoms with Crippen molar-refractivity contribution in [3.05, 3.63) is 47.0 Å². The third-order valence-corrected chi connectivity index (χ3v) is 2.78. The summed E-state index contributed by atoms with van der Waals surface area (Å²) in [6.45, 7) is 4.04. The fourth-order valence-corrected chi connectivity index (χ4v) is 1.86. The number of cyclic esters (lactones) is 1. The van der Waals surface area contributed by atoms with Crippen LogP contribution < -0.4 is 4.90 Å². The topological polar surface area (TPSA) is 72.7 Å². The molecule has 6 nitrogen and oxygen atoms in total. The average molecular weight is 248 g/mol. The van der Waals surface area contributed by atoms with Gasteiger partial charge < -0.3 is 4.74 Å². The van der Waals surface area contributed by atoms with Gasteiger partial charge in [-0.15, -0.1) is 6.58 Å². The van der Waals surface area contributed by atoms with Crippen molar-refractivity contribution in [1.82, 2.24) is 0 Å². The van der Waals surface area contributed by atoms with Crippen molar-refractivity contribution in [2.75, 3.05) is 11.5 Å². The Kier molecular flexibility index (Phi) is 3.27. The minimum Gasteiger partial charge on any atom is -0.449 e. The number of carbonyl (C=O) groups excluding carboxylic acids is 1. The van der Waals surface area contributed by atoms with Crippen molar-refractivity contribution in [2.45, 2.75) is 12.5 Å². The number of nitrogens with zero attached hydrogens (tertiary/aromatic N) is 2. The van der Waals surface area contributed by atoms with Gasteiger partial charge in [0.1, 0.15) is 0 Å². The maximum atomic E-state index is 11.7. The van der Waals surface area contributed by atoms with E-state index in [0.29, 0.717) is 18.7 Å². The highest BCUT2D eigenvalue weighted by atomic mass is 16.6. The molecule has 1 aliphatic rings. The van der Waals surface area contributed by atoms with Gasteiger partial charge in [0.2, 0.25) is 0 Å². The molecule has 1 unspecified atom stereocenters. The minimum absolute atomic E-state index is 0.0146. The molecule has 1 aliphatic heterocycles. The Labute approximate surface area is 104 Å². The normalized spacial score (nSPS) is 19.2. The van der Waals surface area contributed by atoms with Gasteiger partial charge in [-0.25, -0.2) is 4.79 Å². The van der Waals surface area contributed by atoms with Crippen LogP contribution in [0, 0.1) is 10.1 Å². The fourth-order valence-electron chi connectivity index (χ4n) is 1.86. The lowest BCUT2D eigenvalue weighted by Gasteiger charge is -2.32. The van der Waals surface area contributed by atoms with Gasteiger partial charge in [-0.05, 0) is 12.1 Å². The number of benzene rings is 1. The third kappa shape index (κ3) is 2.17. The number of carbonyl (C=O) groups is 1. The van der Waals surface area contributed by atoms with Crippen LogP contribution >= 0.6 is 0 Å². The summed E-state index contributed by atoms with van der Waals surface area (Å²) < 4.78 is 4.96. The molecule has 0 saturated carbocycles. The van der Waals surface area contributed by atoms with E-state index < -0.39 is 11.0 Å². The van der Waals surface area contributed by atoms with E-state index in [9.17, 15) is 14.9 Å². The summed E-state index contributed by atoms with van der Waals surface area (Å²) in [5.74, 6) is 0. The van der Waals surface area contributed by atoms with E-state index in [-0.39, 0.29) is 11.7 Å². The number of anilines is 1. The zero-order chi connectivity index (χ0) is 13.1. The first-order chi connectivity index (χ1) is 8.63. The average Bonchev–Trinajstić information content (AvgIpc) is 2.38. The molecule has 0 bridgehead atoms. The van der Waals surface area contributed by atoms with Gasteiger partial charge in [-0.1, -0.05) is 6.08 Å². The Hall–Kier alpha value is -2.37. The molecular formula is C12H12N2O4. The lowest BCUT2D eigenvalue weighted by atomic mass is 10.1. The highest BCUT2D eigenvalue weighted by Gasteiger charge is 2.29. The van der Waals surface area contributed by atoms with E-state index in [2.05, 4.69) is 6.58 Å². The van der Waals surface area contributed by atoms with Gasteiger partial charge in [0.25, 0.3) is 5.69 Å². The first kappa shape index (κ1) is 12.1. The van der Waals surface area contributed by atoms with Gasteiger partial charge in [-0.2, -0.15) is 0 Å². The number of amides is 1. The summed E-state index contributed by atoms with van der Waals surface area (Å²) in [5, 5.41) is 10.6. The smallest absolute Gasteiger partial charge is 0.414 e. The molecule has 0 spiro atoms. The standard InChI is InChI=1S/C12H12N2O4/c1-2-9-7-8-18-12(15)13(9)10-3-5-11(6-4-10)14(16)17/h2-6,9H,1,7-8H2. The predicted octanol–water partition coefficient (Wildman–Crippen LogP) is 2.50. The number of hydrogen-bond acceptors (Lipinski definition) is 4. The highest BCUT2D eigenvalue weighted by Crippen LogP contribution is 2.25. The Morgan fingerprint density at radius 2 is 2.11 bits per heavy atom. The van der Waals surface area contributed by atoms with Crippen LogP contribution in [0.1, 0.15) is 6.42 Å². The molecule has 1 saturated heterocycles. The molecule has 0 radical (unpaired) electrons. The molecule has 0 aromatic heterocycles. The predicted molar refractivity (Wildman–Crippen MR) is 65.5 cm³/mol. The van der Waals surface area contributed by atoms with E-state index in [1.54, 1.807) is 6.08 Å². The molecule has 1 aromatic rings. The van der Waals surface area contributed by atoms with Crippen molar-refractivity contribution < 1.29 is 14.5 Å². The van der Waals surface area contributed by atoms with Crippen LogP contribution in [0.5, 0.6) is 0 Å². The van der Waals surface area contributed by atoms with Crippen LogP contribution in [0.4, 0.5) is 16.2 Å². The zero-order valence-electron chi connectivity index (χ0n) is 9.61. The first-order valence-electron chi connectivity index (χ1n) is 5.46. The molecule has 1 atom stereocenters. The second kappa shape index (κ2) is 4.87. The van der Waals surface area contributed by atoms with Crippen LogP contribution in [-0.4, -0.2) is 23.7 Å². The van der Waals surface area contributed by atoms with Crippen molar-refractivity contribution in [3.63, 3.8) is 0 Å². The number of hydrogen-bond donors (Lipinski definition) is 0. The van der Waals surface area contributed by atoms with Gasteiger partial charge in [0, 0.05) is 24.2 Å². The molecule has 0 aliphatic carbocycles. The molecule has 1 fully saturated rings. The van der Waals surface area contributed by atoms with Crippen molar-refractivity contribution in [1.29, 1.82) is 0 Å². The SMILES string of the molecule is C=CC1CCOC(=O)N1c1ccc([N+](=O)[O-])cc1. The van der Waals surface area contributed by atoms with Crippen molar-refractivity contribution in [2.24, 2.45) is 0 Å². The maximum Gasteiger partial charge on any atom is 0.414 e. The van der Waals surface area contributed by atoms with Crippen LogP contribution in [0.2, 0.25) is 0 Å². The molecule has 1 aromatic carbocycles. The van der Waals surface area contributed by atoms with Crippen LogP contribution in [0.15, 0.2) is 36.9 Å². The lowest BCUT2D eigenvalue weighted by Crippen LogP contribution is -2.44. The molecule has 1 amide bonds. The third-order valence-electron chi connectivity index (χ3n) is 2.78.